The summed E-state index contributed by atoms with van der Waals surface area (Å²) in [5.41, 5.74) is -0.141. The van der Waals surface area contributed by atoms with Crippen LogP contribution in [0.25, 0.3) is 5.69 Å². The summed E-state index contributed by atoms with van der Waals surface area (Å²) in [5, 5.41) is 18.7. The van der Waals surface area contributed by atoms with Crippen molar-refractivity contribution < 1.29 is 18.0 Å². The normalized spacial score (nSPS) is 24.0. The van der Waals surface area contributed by atoms with Crippen molar-refractivity contribution in [3.8, 4) is 5.69 Å². The topological polar surface area (TPSA) is 88.8 Å². The molecule has 3 aromatic rings. The van der Waals surface area contributed by atoms with Crippen LogP contribution in [0.3, 0.4) is 0 Å². The quantitative estimate of drug-likeness (QED) is 0.578. The van der Waals surface area contributed by atoms with E-state index >= 15 is 0 Å². The molecule has 12 heteroatoms. The second-order valence-electron chi connectivity index (χ2n) is 8.69. The average Bonchev–Trinajstić information content (AvgIpc) is 3.31. The van der Waals surface area contributed by atoms with E-state index in [0.29, 0.717) is 28.7 Å². The highest BCUT2D eigenvalue weighted by atomic mass is 35.5. The summed E-state index contributed by atoms with van der Waals surface area (Å²) in [7, 11) is 0. The van der Waals surface area contributed by atoms with E-state index in [9.17, 15) is 18.0 Å². The first-order valence-corrected chi connectivity index (χ1v) is 11.2. The highest BCUT2D eigenvalue weighted by molar-refractivity contribution is 6.31. The Morgan fingerprint density at radius 2 is 1.88 bits per heavy atom. The fourth-order valence-corrected chi connectivity index (χ4v) is 5.02. The predicted octanol–water partition coefficient (Wildman–Crippen LogP) is 4.08. The van der Waals surface area contributed by atoms with Gasteiger partial charge in [-0.05, 0) is 55.0 Å². The number of anilines is 1. The van der Waals surface area contributed by atoms with Crippen LogP contribution in [0.4, 0.5) is 19.0 Å². The van der Waals surface area contributed by atoms with Crippen LogP contribution in [0.5, 0.6) is 0 Å². The minimum absolute atomic E-state index is 0.0802. The van der Waals surface area contributed by atoms with Crippen LogP contribution < -0.4 is 5.32 Å². The zero-order valence-corrected chi connectivity index (χ0v) is 18.8. The van der Waals surface area contributed by atoms with Gasteiger partial charge in [-0.25, -0.2) is 0 Å². The summed E-state index contributed by atoms with van der Waals surface area (Å²) < 4.78 is 38.3. The summed E-state index contributed by atoms with van der Waals surface area (Å²) in [6.07, 6.45) is 0.338. The lowest BCUT2D eigenvalue weighted by atomic mass is 9.64. The van der Waals surface area contributed by atoms with E-state index < -0.39 is 11.9 Å². The maximum Gasteiger partial charge on any atom is 0.435 e. The van der Waals surface area contributed by atoms with Gasteiger partial charge in [0.1, 0.15) is 5.82 Å². The first-order valence-electron chi connectivity index (χ1n) is 10.9. The molecule has 34 heavy (non-hydrogen) atoms. The Morgan fingerprint density at radius 1 is 1.15 bits per heavy atom. The van der Waals surface area contributed by atoms with Crippen LogP contribution in [0.2, 0.25) is 5.02 Å². The number of nitrogens with one attached hydrogen (secondary N) is 1. The fourth-order valence-electron chi connectivity index (χ4n) is 4.85. The number of piperidine rings is 2. The minimum Gasteiger partial charge on any atom is -0.367 e. The number of benzene rings is 1. The first-order chi connectivity index (χ1) is 16.2. The van der Waals surface area contributed by atoms with Gasteiger partial charge < -0.3 is 10.2 Å². The van der Waals surface area contributed by atoms with Crippen molar-refractivity contribution in [1.82, 2.24) is 30.1 Å². The molecule has 2 saturated heterocycles. The van der Waals surface area contributed by atoms with Crippen LogP contribution in [0, 0.1) is 11.8 Å². The van der Waals surface area contributed by atoms with E-state index in [-0.39, 0.29) is 29.7 Å². The number of aromatic nitrogens is 5. The summed E-state index contributed by atoms with van der Waals surface area (Å²) in [6.45, 7) is 2.43. The zero-order chi connectivity index (χ0) is 24.0. The zero-order valence-electron chi connectivity index (χ0n) is 18.1. The van der Waals surface area contributed by atoms with Gasteiger partial charge >= 0.3 is 6.18 Å². The molecule has 2 atom stereocenters. The van der Waals surface area contributed by atoms with Gasteiger partial charge in [0.2, 0.25) is 0 Å². The molecular weight excluding hydrogens is 471 g/mol. The highest BCUT2D eigenvalue weighted by Gasteiger charge is 2.50. The smallest absolute Gasteiger partial charge is 0.367 e. The molecule has 2 aromatic heterocycles. The largest absolute Gasteiger partial charge is 0.435 e. The molecule has 1 amide bonds. The Kier molecular flexibility index (Phi) is 5.67. The third-order valence-corrected chi connectivity index (χ3v) is 6.99. The van der Waals surface area contributed by atoms with Crippen molar-refractivity contribution in [2.45, 2.75) is 38.0 Å². The van der Waals surface area contributed by atoms with Crippen LogP contribution in [-0.2, 0) is 6.18 Å². The lowest BCUT2D eigenvalue weighted by Crippen LogP contribution is -2.64. The second-order valence-corrected chi connectivity index (χ2v) is 9.12. The number of hydrogen-bond donors (Lipinski definition) is 1. The highest BCUT2D eigenvalue weighted by Crippen LogP contribution is 2.47. The molecule has 2 bridgehead atoms. The van der Waals surface area contributed by atoms with Crippen molar-refractivity contribution in [3.05, 3.63) is 59.0 Å². The molecule has 1 N–H and O–H groups in total. The molecular formula is C22H21ClF3N7O. The summed E-state index contributed by atoms with van der Waals surface area (Å²) in [4.78, 5) is 17.1. The number of halogens is 4. The monoisotopic (exact) mass is 491 g/mol. The van der Waals surface area contributed by atoms with Gasteiger partial charge in [0.05, 0.1) is 29.7 Å². The molecule has 0 radical (unpaired) electrons. The molecule has 1 aromatic carbocycles. The van der Waals surface area contributed by atoms with E-state index in [0.717, 1.165) is 18.9 Å². The van der Waals surface area contributed by atoms with Crippen molar-refractivity contribution in [2.24, 2.45) is 11.8 Å². The number of amides is 1. The molecule has 2 aliphatic heterocycles. The summed E-state index contributed by atoms with van der Waals surface area (Å²) in [5.74, 6) is 0.714. The lowest BCUT2D eigenvalue weighted by Gasteiger charge is -2.57. The van der Waals surface area contributed by atoms with Crippen LogP contribution in [0.1, 0.15) is 35.8 Å². The van der Waals surface area contributed by atoms with Crippen LogP contribution >= 0.6 is 11.6 Å². The molecule has 6 rings (SSSR count). The summed E-state index contributed by atoms with van der Waals surface area (Å²) >= 11 is 6.23. The minimum atomic E-state index is -4.55. The molecule has 8 nitrogen and oxygen atoms in total. The van der Waals surface area contributed by atoms with Gasteiger partial charge in [0.25, 0.3) is 5.91 Å². The lowest BCUT2D eigenvalue weighted by molar-refractivity contribution is -0.141. The first kappa shape index (κ1) is 22.6. The van der Waals surface area contributed by atoms with Gasteiger partial charge in [-0.2, -0.15) is 28.2 Å². The average molecular weight is 492 g/mol. The van der Waals surface area contributed by atoms with Crippen LogP contribution in [0.15, 0.2) is 42.7 Å². The molecule has 3 fully saturated rings. The Balaban J connectivity index is 1.40. The Morgan fingerprint density at radius 3 is 2.53 bits per heavy atom. The molecule has 4 heterocycles. The number of carbonyl (C=O) groups excluding carboxylic acids is 1. The van der Waals surface area contributed by atoms with E-state index in [1.807, 2.05) is 4.90 Å². The van der Waals surface area contributed by atoms with Gasteiger partial charge in [0.15, 0.2) is 5.69 Å². The number of hydrogen-bond acceptors (Lipinski definition) is 6. The molecule has 178 valence electrons. The van der Waals surface area contributed by atoms with E-state index in [2.05, 4.69) is 32.6 Å². The Labute approximate surface area is 198 Å². The molecule has 3 aliphatic rings. The van der Waals surface area contributed by atoms with Crippen LogP contribution in [-0.4, -0.2) is 54.6 Å². The molecule has 0 spiro atoms. The number of alkyl halides is 3. The van der Waals surface area contributed by atoms with Gasteiger partial charge in [-0.1, -0.05) is 18.5 Å². The molecule has 1 unspecified atom stereocenters. The van der Waals surface area contributed by atoms with Crippen molar-refractivity contribution in [3.63, 3.8) is 0 Å². The predicted molar refractivity (Wildman–Crippen MR) is 118 cm³/mol. The van der Waals surface area contributed by atoms with E-state index in [4.69, 9.17) is 11.6 Å². The molecule has 1 aliphatic carbocycles. The SMILES string of the molecule is C[C@@H]1C2CC(C2)N(C(=O)c2cc(Cl)ccc2-n2nccn2)C1CNc1ccc(C(F)(F)F)nn1. The van der Waals surface area contributed by atoms with E-state index in [1.165, 1.54) is 23.3 Å². The van der Waals surface area contributed by atoms with Gasteiger partial charge in [-0.3, -0.25) is 4.79 Å². The molecule has 1 saturated carbocycles. The van der Waals surface area contributed by atoms with Crippen molar-refractivity contribution in [2.75, 3.05) is 11.9 Å². The fraction of sp³-hybridized carbons (Fsp3) is 0.409. The number of nitrogens with zero attached hydrogens (tertiary/aromatic N) is 6. The number of rotatable bonds is 5. The second kappa shape index (κ2) is 8.53. The van der Waals surface area contributed by atoms with Gasteiger partial charge in [-0.15, -0.1) is 10.2 Å². The maximum absolute atomic E-state index is 13.8. The summed E-state index contributed by atoms with van der Waals surface area (Å²) in [6, 6.07) is 7.02. The third-order valence-electron chi connectivity index (χ3n) is 6.76. The van der Waals surface area contributed by atoms with Crippen molar-refractivity contribution in [1.29, 1.82) is 0 Å². The standard InChI is InChI=1S/C22H21ClF3N7O/c1-12-13-8-15(9-13)32(18(12)11-27-20-5-4-19(30-31-20)22(24,25)26)21(34)16-10-14(23)2-3-17(16)33-28-6-7-29-33/h2-7,10,12-13,15,18H,8-9,11H2,1H3,(H,27,31)/t12-,13?,15?,18?/m1/s1. The Hall–Kier alpha value is -3.21. The van der Waals surface area contributed by atoms with Gasteiger partial charge in [0, 0.05) is 17.6 Å². The third kappa shape index (κ3) is 4.08. The maximum atomic E-state index is 13.8. The van der Waals surface area contributed by atoms with E-state index in [1.54, 1.807) is 18.2 Å². The number of carbonyl (C=O) groups is 1. The Bertz CT molecular complexity index is 1180. The number of fused-ring (bicyclic) bond motifs is 2. The van der Waals surface area contributed by atoms with Crippen molar-refractivity contribution >= 4 is 23.3 Å².